The summed E-state index contributed by atoms with van der Waals surface area (Å²) in [6, 6.07) is 6.96. The van der Waals surface area contributed by atoms with Crippen molar-refractivity contribution in [1.82, 2.24) is 4.90 Å². The predicted molar refractivity (Wildman–Crippen MR) is 138 cm³/mol. The molecule has 0 spiro atoms. The van der Waals surface area contributed by atoms with E-state index in [0.717, 1.165) is 19.6 Å². The minimum Gasteiger partial charge on any atom is -0.872 e. The molecule has 1 atom stereocenters. The van der Waals surface area contributed by atoms with E-state index in [9.17, 15) is 19.8 Å². The highest BCUT2D eigenvalue weighted by atomic mass is 79.9. The fraction of sp³-hybridized carbons (Fsp3) is 0.407. The number of halogens is 1. The number of quaternary nitrogens is 1. The number of hydrogen-bond donors (Lipinski definition) is 2. The van der Waals surface area contributed by atoms with Crippen molar-refractivity contribution >= 4 is 33.4 Å². The molecule has 2 aliphatic rings. The van der Waals surface area contributed by atoms with E-state index in [1.54, 1.807) is 30.3 Å². The Labute approximate surface area is 224 Å². The molecule has 0 radical (unpaired) electrons. The fourth-order valence-corrected chi connectivity index (χ4v) is 5.26. The van der Waals surface area contributed by atoms with E-state index >= 15 is 0 Å². The van der Waals surface area contributed by atoms with Crippen LogP contribution in [0.25, 0.3) is 5.76 Å². The number of likely N-dealkylation sites (tertiary alicyclic amines) is 1. The standard InChI is InChI=1S/C27H31BrN2O7/c1-4-29(5-2)9-6-10-30-23(17-13-18(28)25(32)21(15-17)35-3)22(26(33)27(30)34)24(31)16-7-8-19-20(14-16)37-12-11-36-19/h7-8,13-15,23,31-32H,4-6,9-12H2,1-3H3/b24-22+. The van der Waals surface area contributed by atoms with E-state index in [1.807, 2.05) is 0 Å². The summed E-state index contributed by atoms with van der Waals surface area (Å²) in [6.45, 7) is 8.00. The summed E-state index contributed by atoms with van der Waals surface area (Å²) in [5.41, 5.74) is 0.568. The van der Waals surface area contributed by atoms with Gasteiger partial charge in [-0.1, -0.05) is 11.8 Å². The maximum Gasteiger partial charge on any atom is 0.295 e. The summed E-state index contributed by atoms with van der Waals surface area (Å²) >= 11 is 3.32. The van der Waals surface area contributed by atoms with Crippen molar-refractivity contribution in [3.05, 3.63) is 51.5 Å². The van der Waals surface area contributed by atoms with E-state index in [4.69, 9.17) is 14.2 Å². The van der Waals surface area contributed by atoms with E-state index in [0.29, 0.717) is 47.7 Å². The predicted octanol–water partition coefficient (Wildman–Crippen LogP) is 1.47. The van der Waals surface area contributed by atoms with Gasteiger partial charge in [0.25, 0.3) is 5.91 Å². The molecule has 198 valence electrons. The first kappa shape index (κ1) is 26.8. The van der Waals surface area contributed by atoms with Crippen LogP contribution in [-0.4, -0.2) is 68.2 Å². The number of Topliss-reactive ketones (excluding diaryl/α,β-unsaturated/α-hetero) is 1. The molecule has 0 saturated carbocycles. The third-order valence-electron chi connectivity index (χ3n) is 6.85. The van der Waals surface area contributed by atoms with Gasteiger partial charge in [-0.25, -0.2) is 0 Å². The van der Waals surface area contributed by atoms with Crippen LogP contribution in [0.1, 0.15) is 37.4 Å². The highest BCUT2D eigenvalue weighted by Gasteiger charge is 2.44. The first-order valence-electron chi connectivity index (χ1n) is 12.4. The van der Waals surface area contributed by atoms with Crippen LogP contribution in [-0.2, 0) is 9.59 Å². The molecule has 4 rings (SSSR count). The van der Waals surface area contributed by atoms with Crippen molar-refractivity contribution < 1.29 is 38.9 Å². The van der Waals surface area contributed by atoms with E-state index in [-0.39, 0.29) is 22.6 Å². The summed E-state index contributed by atoms with van der Waals surface area (Å²) in [5, 5.41) is 24.1. The van der Waals surface area contributed by atoms with Crippen LogP contribution in [0, 0.1) is 0 Å². The second-order valence-electron chi connectivity index (χ2n) is 8.95. The Bertz CT molecular complexity index is 1230. The second-order valence-corrected chi connectivity index (χ2v) is 9.80. The number of hydrogen-bond acceptors (Lipinski definition) is 7. The maximum atomic E-state index is 13.8. The van der Waals surface area contributed by atoms with E-state index < -0.39 is 23.5 Å². The third-order valence-corrected chi connectivity index (χ3v) is 7.45. The lowest BCUT2D eigenvalue weighted by atomic mass is 9.94. The van der Waals surface area contributed by atoms with Crippen molar-refractivity contribution in [2.75, 3.05) is 46.5 Å². The van der Waals surface area contributed by atoms with Crippen molar-refractivity contribution in [3.63, 3.8) is 0 Å². The minimum absolute atomic E-state index is 0.113. The number of phenols is 1. The smallest absolute Gasteiger partial charge is 0.295 e. The van der Waals surface area contributed by atoms with Gasteiger partial charge in [-0.15, -0.1) is 0 Å². The first-order chi connectivity index (χ1) is 17.8. The van der Waals surface area contributed by atoms with Crippen LogP contribution in [0.3, 0.4) is 0 Å². The van der Waals surface area contributed by atoms with Crippen molar-refractivity contribution in [1.29, 1.82) is 0 Å². The third kappa shape index (κ3) is 5.26. The molecule has 9 nitrogen and oxygen atoms in total. The van der Waals surface area contributed by atoms with Crippen molar-refractivity contribution in [2.24, 2.45) is 0 Å². The molecule has 1 fully saturated rings. The zero-order valence-electron chi connectivity index (χ0n) is 21.1. The molecular formula is C27H31BrN2O7. The van der Waals surface area contributed by atoms with Gasteiger partial charge in [0, 0.05) is 18.5 Å². The summed E-state index contributed by atoms with van der Waals surface area (Å²) in [6.07, 6.45) is 0.661. The zero-order chi connectivity index (χ0) is 26.7. The number of carbonyl (C=O) groups is 2. The quantitative estimate of drug-likeness (QED) is 0.265. The molecule has 1 amide bonds. The van der Waals surface area contributed by atoms with Gasteiger partial charge in [-0.05, 0) is 65.2 Å². The molecular weight excluding hydrogens is 544 g/mol. The number of methoxy groups -OCH3 is 1. The van der Waals surface area contributed by atoms with Crippen LogP contribution in [0.15, 0.2) is 40.4 Å². The van der Waals surface area contributed by atoms with Gasteiger partial charge in [-0.3, -0.25) is 9.59 Å². The normalized spacial score (nSPS) is 18.5. The average molecular weight is 575 g/mol. The molecule has 2 aromatic carbocycles. The monoisotopic (exact) mass is 574 g/mol. The average Bonchev–Trinajstić information content (AvgIpc) is 3.16. The molecule has 37 heavy (non-hydrogen) atoms. The Morgan fingerprint density at radius 2 is 1.86 bits per heavy atom. The van der Waals surface area contributed by atoms with Crippen LogP contribution >= 0.6 is 15.9 Å². The maximum absolute atomic E-state index is 13.8. The summed E-state index contributed by atoms with van der Waals surface area (Å²) in [7, 11) is 1.41. The molecule has 10 heteroatoms. The fourth-order valence-electron chi connectivity index (χ4n) is 4.80. The molecule has 2 heterocycles. The van der Waals surface area contributed by atoms with Crippen molar-refractivity contribution in [3.8, 4) is 23.0 Å². The Kier molecular flexibility index (Phi) is 8.29. The summed E-state index contributed by atoms with van der Waals surface area (Å²) in [5.74, 6) is -1.12. The van der Waals surface area contributed by atoms with Gasteiger partial charge < -0.3 is 34.2 Å². The second kappa shape index (κ2) is 11.4. The highest BCUT2D eigenvalue weighted by molar-refractivity contribution is 9.10. The van der Waals surface area contributed by atoms with E-state index in [1.165, 1.54) is 16.9 Å². The molecule has 1 saturated heterocycles. The lowest BCUT2D eigenvalue weighted by molar-refractivity contribution is -0.896. The van der Waals surface area contributed by atoms with Gasteiger partial charge >= 0.3 is 0 Å². The lowest BCUT2D eigenvalue weighted by Crippen LogP contribution is -3.11. The number of ether oxygens (including phenoxy) is 3. The van der Waals surface area contributed by atoms with Crippen LogP contribution in [0.4, 0.5) is 0 Å². The number of aromatic hydroxyl groups is 1. The number of rotatable bonds is 9. The Hall–Kier alpha value is -3.24. The Morgan fingerprint density at radius 3 is 2.54 bits per heavy atom. The van der Waals surface area contributed by atoms with Crippen LogP contribution in [0.5, 0.6) is 23.0 Å². The Morgan fingerprint density at radius 1 is 1.16 bits per heavy atom. The number of nitrogens with zero attached hydrogens (tertiary/aromatic N) is 1. The Balaban J connectivity index is 1.80. The molecule has 2 N–H and O–H groups in total. The number of amides is 1. The number of phenolic OH excluding ortho intramolecular Hbond substituents is 1. The molecule has 0 aliphatic carbocycles. The molecule has 0 bridgehead atoms. The van der Waals surface area contributed by atoms with Crippen molar-refractivity contribution in [2.45, 2.75) is 26.3 Å². The first-order valence-corrected chi connectivity index (χ1v) is 13.2. The number of fused-ring (bicyclic) bond motifs is 1. The molecule has 2 aliphatic heterocycles. The number of ketones is 1. The highest BCUT2D eigenvalue weighted by Crippen LogP contribution is 2.44. The SMILES string of the molecule is CC[NH+](CC)CCCN1C(=O)C(=O)/C(=C(/[O-])c2ccc3c(c2)OCCO3)C1c1cc(Br)c(O)c(OC)c1. The summed E-state index contributed by atoms with van der Waals surface area (Å²) in [4.78, 5) is 29.4. The number of nitrogens with one attached hydrogen (secondary N) is 1. The van der Waals surface area contributed by atoms with Gasteiger partial charge in [0.15, 0.2) is 23.0 Å². The van der Waals surface area contributed by atoms with Gasteiger partial charge in [0.1, 0.15) is 13.2 Å². The van der Waals surface area contributed by atoms with Crippen LogP contribution in [0.2, 0.25) is 0 Å². The van der Waals surface area contributed by atoms with Gasteiger partial charge in [0.2, 0.25) is 5.78 Å². The van der Waals surface area contributed by atoms with Crippen LogP contribution < -0.4 is 24.2 Å². The molecule has 1 unspecified atom stereocenters. The molecule has 0 aromatic heterocycles. The topological polar surface area (TPSA) is 113 Å². The van der Waals surface area contributed by atoms with E-state index in [2.05, 4.69) is 29.8 Å². The lowest BCUT2D eigenvalue weighted by Gasteiger charge is -2.29. The molecule has 2 aromatic rings. The van der Waals surface area contributed by atoms with Gasteiger partial charge in [-0.2, -0.15) is 0 Å². The summed E-state index contributed by atoms with van der Waals surface area (Å²) < 4.78 is 16.8. The number of carbonyl (C=O) groups excluding carboxylic acids is 2. The minimum atomic E-state index is -0.932. The largest absolute Gasteiger partial charge is 0.872 e. The van der Waals surface area contributed by atoms with Gasteiger partial charge in [0.05, 0.1) is 37.3 Å². The number of benzene rings is 2. The zero-order valence-corrected chi connectivity index (χ0v) is 22.7.